The fraction of sp³-hybridized carbons (Fsp3) is 0.0400. The van der Waals surface area contributed by atoms with Gasteiger partial charge in [0.15, 0.2) is 11.6 Å². The van der Waals surface area contributed by atoms with Crippen LogP contribution >= 0.6 is 15.9 Å². The number of hydrogen-bond acceptors (Lipinski definition) is 1. The Morgan fingerprint density at radius 3 is 1.93 bits per heavy atom. The summed E-state index contributed by atoms with van der Waals surface area (Å²) in [5.74, 6) is -1.41. The van der Waals surface area contributed by atoms with Gasteiger partial charge in [-0.15, -0.1) is 0 Å². The molecule has 4 aromatic carbocycles. The third-order valence-corrected chi connectivity index (χ3v) is 5.35. The van der Waals surface area contributed by atoms with Crippen molar-refractivity contribution in [3.63, 3.8) is 0 Å². The van der Waals surface area contributed by atoms with E-state index in [-0.39, 0.29) is 17.9 Å². The van der Waals surface area contributed by atoms with Crippen molar-refractivity contribution < 1.29 is 17.9 Å². The van der Waals surface area contributed by atoms with Crippen LogP contribution in [0, 0.1) is 17.5 Å². The minimum Gasteiger partial charge on any atom is -0.486 e. The highest BCUT2D eigenvalue weighted by Gasteiger charge is 2.12. The molecule has 0 unspecified atom stereocenters. The van der Waals surface area contributed by atoms with Gasteiger partial charge in [-0.2, -0.15) is 0 Å². The number of halogens is 4. The molecule has 0 heterocycles. The van der Waals surface area contributed by atoms with E-state index >= 15 is 0 Å². The maximum Gasteiger partial charge on any atom is 0.165 e. The summed E-state index contributed by atoms with van der Waals surface area (Å²) in [5.41, 5.74) is 2.66. The van der Waals surface area contributed by atoms with Gasteiger partial charge in [0.25, 0.3) is 0 Å². The summed E-state index contributed by atoms with van der Waals surface area (Å²) < 4.78 is 48.9. The minimum atomic E-state index is -0.568. The summed E-state index contributed by atoms with van der Waals surface area (Å²) in [5, 5.41) is 0. The lowest BCUT2D eigenvalue weighted by molar-refractivity contribution is 0.290. The second-order valence-corrected chi connectivity index (χ2v) is 7.60. The predicted octanol–water partition coefficient (Wildman–Crippen LogP) is 7.78. The highest BCUT2D eigenvalue weighted by molar-refractivity contribution is 9.10. The third-order valence-electron chi connectivity index (χ3n) is 4.70. The van der Waals surface area contributed by atoms with Gasteiger partial charge in [0.1, 0.15) is 18.2 Å². The second-order valence-electron chi connectivity index (χ2n) is 6.74. The van der Waals surface area contributed by atoms with Crippen molar-refractivity contribution in [2.45, 2.75) is 6.61 Å². The average molecular weight is 469 g/mol. The van der Waals surface area contributed by atoms with Gasteiger partial charge in [0.05, 0.1) is 4.47 Å². The topological polar surface area (TPSA) is 9.23 Å². The lowest BCUT2D eigenvalue weighted by Crippen LogP contribution is -1.97. The van der Waals surface area contributed by atoms with Crippen LogP contribution in [0.4, 0.5) is 13.2 Å². The summed E-state index contributed by atoms with van der Waals surface area (Å²) in [6.07, 6.45) is 0. The molecular formula is C25H16BrF3O. The van der Waals surface area contributed by atoms with E-state index in [9.17, 15) is 13.2 Å². The minimum absolute atomic E-state index is 0.102. The molecule has 0 radical (unpaired) electrons. The molecule has 0 aliphatic rings. The van der Waals surface area contributed by atoms with E-state index in [4.69, 9.17) is 4.74 Å². The van der Waals surface area contributed by atoms with E-state index < -0.39 is 17.5 Å². The van der Waals surface area contributed by atoms with Crippen molar-refractivity contribution in [3.8, 4) is 28.0 Å². The Hall–Kier alpha value is -3.05. The summed E-state index contributed by atoms with van der Waals surface area (Å²) >= 11 is 3.10. The maximum atomic E-state index is 14.7. The molecule has 0 spiro atoms. The number of rotatable bonds is 5. The van der Waals surface area contributed by atoms with Gasteiger partial charge >= 0.3 is 0 Å². The summed E-state index contributed by atoms with van der Waals surface area (Å²) in [6, 6.07) is 22.9. The van der Waals surface area contributed by atoms with E-state index in [0.29, 0.717) is 21.2 Å². The van der Waals surface area contributed by atoms with Crippen LogP contribution in [0.5, 0.6) is 5.75 Å². The van der Waals surface area contributed by atoms with Gasteiger partial charge in [-0.3, -0.25) is 0 Å². The fourth-order valence-corrected chi connectivity index (χ4v) is 3.37. The monoisotopic (exact) mass is 468 g/mol. The first kappa shape index (κ1) is 20.2. The predicted molar refractivity (Wildman–Crippen MR) is 116 cm³/mol. The first-order valence-electron chi connectivity index (χ1n) is 9.23. The largest absolute Gasteiger partial charge is 0.486 e. The van der Waals surface area contributed by atoms with Crippen LogP contribution in [0.2, 0.25) is 0 Å². The lowest BCUT2D eigenvalue weighted by Gasteiger charge is -2.11. The van der Waals surface area contributed by atoms with Crippen molar-refractivity contribution in [2.75, 3.05) is 0 Å². The van der Waals surface area contributed by atoms with Gasteiger partial charge in [-0.05, 0) is 68.5 Å². The highest BCUT2D eigenvalue weighted by Crippen LogP contribution is 2.32. The number of hydrogen-bond donors (Lipinski definition) is 0. The van der Waals surface area contributed by atoms with Crippen molar-refractivity contribution in [1.29, 1.82) is 0 Å². The molecule has 150 valence electrons. The molecule has 0 bridgehead atoms. The fourth-order valence-electron chi connectivity index (χ4n) is 3.13. The molecule has 0 fully saturated rings. The molecule has 0 atom stereocenters. The van der Waals surface area contributed by atoms with Gasteiger partial charge < -0.3 is 4.74 Å². The zero-order valence-corrected chi connectivity index (χ0v) is 17.3. The Kier molecular flexibility index (Phi) is 5.91. The second kappa shape index (κ2) is 8.76. The molecule has 4 aromatic rings. The van der Waals surface area contributed by atoms with Gasteiger partial charge in [0.2, 0.25) is 0 Å². The van der Waals surface area contributed by atoms with Crippen LogP contribution in [0.1, 0.15) is 5.56 Å². The molecule has 0 saturated heterocycles. The van der Waals surface area contributed by atoms with Crippen LogP contribution in [-0.4, -0.2) is 0 Å². The molecule has 30 heavy (non-hydrogen) atoms. The Balaban J connectivity index is 1.56. The first-order valence-corrected chi connectivity index (χ1v) is 10.0. The van der Waals surface area contributed by atoms with Crippen LogP contribution in [0.25, 0.3) is 22.3 Å². The standard InChI is InChI=1S/C25H16BrF3O/c26-21-10-7-18(13-23(21)28)17-6-9-20(22(27)12-17)19-8-11-25(24(29)14-19)30-15-16-4-2-1-3-5-16/h1-14H,15H2. The highest BCUT2D eigenvalue weighted by atomic mass is 79.9. The normalized spacial score (nSPS) is 10.8. The van der Waals surface area contributed by atoms with Gasteiger partial charge in [0, 0.05) is 5.56 Å². The van der Waals surface area contributed by atoms with E-state index in [1.807, 2.05) is 30.3 Å². The molecule has 4 rings (SSSR count). The molecule has 0 aliphatic heterocycles. The van der Waals surface area contributed by atoms with Gasteiger partial charge in [-0.25, -0.2) is 13.2 Å². The van der Waals surface area contributed by atoms with E-state index in [0.717, 1.165) is 5.56 Å². The molecule has 0 saturated carbocycles. The smallest absolute Gasteiger partial charge is 0.165 e. The lowest BCUT2D eigenvalue weighted by atomic mass is 9.99. The zero-order valence-electron chi connectivity index (χ0n) is 15.7. The number of benzene rings is 4. The molecule has 0 aromatic heterocycles. The quantitative estimate of drug-likeness (QED) is 0.290. The van der Waals surface area contributed by atoms with Crippen molar-refractivity contribution in [2.24, 2.45) is 0 Å². The van der Waals surface area contributed by atoms with E-state index in [1.165, 1.54) is 24.3 Å². The summed E-state index contributed by atoms with van der Waals surface area (Å²) in [4.78, 5) is 0. The first-order chi connectivity index (χ1) is 14.5. The van der Waals surface area contributed by atoms with E-state index in [1.54, 1.807) is 30.3 Å². The van der Waals surface area contributed by atoms with Crippen LogP contribution in [0.3, 0.4) is 0 Å². The number of ether oxygens (including phenoxy) is 1. The van der Waals surface area contributed by atoms with Crippen LogP contribution in [0.15, 0.2) is 89.4 Å². The van der Waals surface area contributed by atoms with Crippen LogP contribution in [-0.2, 0) is 6.61 Å². The third kappa shape index (κ3) is 4.41. The Bertz CT molecular complexity index is 1190. The Morgan fingerprint density at radius 1 is 0.633 bits per heavy atom. The molecule has 5 heteroatoms. The van der Waals surface area contributed by atoms with Gasteiger partial charge in [-0.1, -0.05) is 54.6 Å². The van der Waals surface area contributed by atoms with E-state index in [2.05, 4.69) is 15.9 Å². The van der Waals surface area contributed by atoms with Crippen molar-refractivity contribution in [1.82, 2.24) is 0 Å². The molecular weight excluding hydrogens is 453 g/mol. The Labute approximate surface area is 180 Å². The molecule has 0 amide bonds. The zero-order chi connectivity index (χ0) is 21.1. The maximum absolute atomic E-state index is 14.7. The average Bonchev–Trinajstić information content (AvgIpc) is 2.75. The molecule has 0 aliphatic carbocycles. The summed E-state index contributed by atoms with van der Waals surface area (Å²) in [6.45, 7) is 0.240. The van der Waals surface area contributed by atoms with Crippen molar-refractivity contribution >= 4 is 15.9 Å². The summed E-state index contributed by atoms with van der Waals surface area (Å²) in [7, 11) is 0. The SMILES string of the molecule is Fc1cc(-c2ccc(-c3ccc(OCc4ccccc4)c(F)c3)c(F)c2)ccc1Br. The van der Waals surface area contributed by atoms with Crippen molar-refractivity contribution in [3.05, 3.63) is 112 Å². The Morgan fingerprint density at radius 2 is 1.27 bits per heavy atom. The van der Waals surface area contributed by atoms with Crippen LogP contribution < -0.4 is 4.74 Å². The molecule has 0 N–H and O–H groups in total. The molecule has 1 nitrogen and oxygen atoms in total.